The highest BCUT2D eigenvalue weighted by molar-refractivity contribution is 5.72. The molecular weight excluding hydrogens is 214 g/mol. The van der Waals surface area contributed by atoms with Crippen molar-refractivity contribution in [1.29, 1.82) is 0 Å². The largest absolute Gasteiger partial charge is 0.480 e. The van der Waals surface area contributed by atoms with Crippen LogP contribution in [0.3, 0.4) is 0 Å². The van der Waals surface area contributed by atoms with E-state index in [1.807, 2.05) is 0 Å². The van der Waals surface area contributed by atoms with E-state index in [4.69, 9.17) is 5.11 Å². The van der Waals surface area contributed by atoms with Gasteiger partial charge in [-0.05, 0) is 0 Å². The van der Waals surface area contributed by atoms with Crippen LogP contribution >= 0.6 is 0 Å². The van der Waals surface area contributed by atoms with Crippen molar-refractivity contribution in [2.75, 3.05) is 0 Å². The summed E-state index contributed by atoms with van der Waals surface area (Å²) in [5.74, 6) is -1.10. The summed E-state index contributed by atoms with van der Waals surface area (Å²) in [6.07, 6.45) is 4.28. The second-order valence-electron chi connectivity index (χ2n) is 3.20. The van der Waals surface area contributed by atoms with Crippen molar-refractivity contribution in [2.24, 2.45) is 0 Å². The molecule has 16 heavy (non-hydrogen) atoms. The Morgan fingerprint density at radius 1 is 1.62 bits per heavy atom. The van der Waals surface area contributed by atoms with Gasteiger partial charge in [-0.1, -0.05) is 0 Å². The van der Waals surface area contributed by atoms with E-state index in [2.05, 4.69) is 20.2 Å². The summed E-state index contributed by atoms with van der Waals surface area (Å²) in [6.45, 7) is 0. The first-order chi connectivity index (χ1) is 7.68. The lowest BCUT2D eigenvalue weighted by Crippen LogP contribution is -2.29. The lowest BCUT2D eigenvalue weighted by atomic mass is 10.1. The molecule has 0 saturated heterocycles. The molecule has 2 aromatic heterocycles. The minimum Gasteiger partial charge on any atom is -0.480 e. The van der Waals surface area contributed by atoms with E-state index < -0.39 is 17.7 Å². The Hall–Kier alpha value is -2.38. The topological polar surface area (TPSA) is 117 Å². The molecule has 0 bridgehead atoms. The van der Waals surface area contributed by atoms with Crippen molar-refractivity contribution in [3.05, 3.63) is 35.0 Å². The van der Waals surface area contributed by atoms with Crippen LogP contribution in [0, 0.1) is 0 Å². The van der Waals surface area contributed by atoms with Crippen LogP contribution in [0.15, 0.2) is 23.6 Å². The molecule has 0 spiro atoms. The van der Waals surface area contributed by atoms with E-state index in [0.29, 0.717) is 5.69 Å². The Balaban J connectivity index is 2.29. The highest BCUT2D eigenvalue weighted by Gasteiger charge is 2.22. The average molecular weight is 223 g/mol. The van der Waals surface area contributed by atoms with Gasteiger partial charge in [-0.15, -0.1) is 0 Å². The van der Waals surface area contributed by atoms with Crippen molar-refractivity contribution < 1.29 is 9.90 Å². The number of aromatic nitrogens is 5. The lowest BCUT2D eigenvalue weighted by Gasteiger charge is -2.10. The minimum absolute atomic E-state index is 0.148. The molecule has 3 N–H and O–H groups in total. The number of carboxylic acids is 1. The molecule has 2 heterocycles. The molecule has 0 aliphatic heterocycles. The van der Waals surface area contributed by atoms with Crippen LogP contribution in [-0.4, -0.2) is 35.8 Å². The third-order valence-electron chi connectivity index (χ3n) is 2.17. The Morgan fingerprint density at radius 2 is 2.44 bits per heavy atom. The smallest absolute Gasteiger partial charge is 0.343 e. The number of aromatic amines is 2. The van der Waals surface area contributed by atoms with Gasteiger partial charge in [-0.25, -0.2) is 19.7 Å². The van der Waals surface area contributed by atoms with E-state index in [9.17, 15) is 9.59 Å². The van der Waals surface area contributed by atoms with E-state index in [1.165, 1.54) is 12.5 Å². The first-order valence-electron chi connectivity index (χ1n) is 4.50. The standard InChI is InChI=1S/C8H9N5O3/c14-7(15)6(1-5-2-9-3-10-5)13-4-11-12-8(13)16/h2-4,6H,1H2,(H,9,10)(H,12,16)(H,14,15). The number of hydrogen-bond acceptors (Lipinski definition) is 4. The molecule has 0 saturated carbocycles. The molecule has 0 amide bonds. The maximum absolute atomic E-state index is 11.2. The number of carbonyl (C=O) groups is 1. The van der Waals surface area contributed by atoms with Crippen LogP contribution in [-0.2, 0) is 11.2 Å². The zero-order valence-corrected chi connectivity index (χ0v) is 8.12. The molecular formula is C8H9N5O3. The highest BCUT2D eigenvalue weighted by Crippen LogP contribution is 2.10. The third-order valence-corrected chi connectivity index (χ3v) is 2.17. The molecule has 8 heteroatoms. The fourth-order valence-corrected chi connectivity index (χ4v) is 1.39. The van der Waals surface area contributed by atoms with Crippen molar-refractivity contribution in [3.8, 4) is 0 Å². The van der Waals surface area contributed by atoms with E-state index in [1.54, 1.807) is 0 Å². The zero-order valence-electron chi connectivity index (χ0n) is 8.12. The number of carboxylic acid groups (broad SMARTS) is 1. The average Bonchev–Trinajstić information content (AvgIpc) is 2.85. The van der Waals surface area contributed by atoms with Gasteiger partial charge < -0.3 is 10.1 Å². The molecule has 84 valence electrons. The number of hydrogen-bond donors (Lipinski definition) is 3. The van der Waals surface area contributed by atoms with Crippen LogP contribution in [0.2, 0.25) is 0 Å². The second-order valence-corrected chi connectivity index (χ2v) is 3.20. The SMILES string of the molecule is O=C(O)C(Cc1cnc[nH]1)n1cn[nH]c1=O. The number of rotatable bonds is 4. The maximum atomic E-state index is 11.2. The predicted molar refractivity (Wildman–Crippen MR) is 51.8 cm³/mol. The van der Waals surface area contributed by atoms with Crippen LogP contribution in [0.1, 0.15) is 11.7 Å². The summed E-state index contributed by atoms with van der Waals surface area (Å²) in [5.41, 5.74) is 0.0902. The van der Waals surface area contributed by atoms with E-state index in [0.717, 1.165) is 10.9 Å². The molecule has 0 aromatic carbocycles. The molecule has 2 aromatic rings. The summed E-state index contributed by atoms with van der Waals surface area (Å²) in [5, 5.41) is 14.7. The molecule has 8 nitrogen and oxygen atoms in total. The van der Waals surface area contributed by atoms with Crippen molar-refractivity contribution in [3.63, 3.8) is 0 Å². The number of H-pyrrole nitrogens is 2. The summed E-state index contributed by atoms with van der Waals surface area (Å²) in [4.78, 5) is 28.9. The summed E-state index contributed by atoms with van der Waals surface area (Å²) in [7, 11) is 0. The Labute approximate surface area is 89.0 Å². The Morgan fingerprint density at radius 3 is 2.94 bits per heavy atom. The van der Waals surface area contributed by atoms with Gasteiger partial charge in [-0.3, -0.25) is 4.57 Å². The number of aliphatic carboxylic acids is 1. The molecule has 1 atom stereocenters. The summed E-state index contributed by atoms with van der Waals surface area (Å²) >= 11 is 0. The predicted octanol–water partition coefficient (Wildman–Crippen LogP) is -0.837. The van der Waals surface area contributed by atoms with Crippen LogP contribution in [0.5, 0.6) is 0 Å². The fraction of sp³-hybridized carbons (Fsp3) is 0.250. The van der Waals surface area contributed by atoms with Gasteiger partial charge >= 0.3 is 11.7 Å². The highest BCUT2D eigenvalue weighted by atomic mass is 16.4. The van der Waals surface area contributed by atoms with Gasteiger partial charge in [0.05, 0.1) is 6.33 Å². The number of nitrogens with one attached hydrogen (secondary N) is 2. The molecule has 0 radical (unpaired) electrons. The molecule has 2 rings (SSSR count). The van der Waals surface area contributed by atoms with Crippen LogP contribution in [0.4, 0.5) is 0 Å². The van der Waals surface area contributed by atoms with Crippen molar-refractivity contribution in [2.45, 2.75) is 12.5 Å². The van der Waals surface area contributed by atoms with Gasteiger partial charge in [-0.2, -0.15) is 5.10 Å². The third kappa shape index (κ3) is 1.85. The van der Waals surface area contributed by atoms with Crippen LogP contribution in [0.25, 0.3) is 0 Å². The van der Waals surface area contributed by atoms with Gasteiger partial charge in [0.25, 0.3) is 0 Å². The number of nitrogens with zero attached hydrogens (tertiary/aromatic N) is 3. The minimum atomic E-state index is -1.10. The summed E-state index contributed by atoms with van der Waals surface area (Å²) in [6, 6.07) is -0.994. The van der Waals surface area contributed by atoms with E-state index in [-0.39, 0.29) is 6.42 Å². The maximum Gasteiger partial charge on any atom is 0.343 e. The van der Waals surface area contributed by atoms with Gasteiger partial charge in [0.1, 0.15) is 12.4 Å². The zero-order chi connectivity index (χ0) is 11.5. The second kappa shape index (κ2) is 4.01. The van der Waals surface area contributed by atoms with Gasteiger partial charge in [0.2, 0.25) is 0 Å². The Bertz CT molecular complexity index is 526. The van der Waals surface area contributed by atoms with E-state index >= 15 is 0 Å². The quantitative estimate of drug-likeness (QED) is 0.625. The molecule has 0 aliphatic rings. The molecule has 1 unspecified atom stereocenters. The van der Waals surface area contributed by atoms with Crippen molar-refractivity contribution >= 4 is 5.97 Å². The first kappa shape index (κ1) is 10.1. The normalized spacial score (nSPS) is 12.5. The fourth-order valence-electron chi connectivity index (χ4n) is 1.39. The monoisotopic (exact) mass is 223 g/mol. The van der Waals surface area contributed by atoms with Gasteiger partial charge in [0.15, 0.2) is 0 Å². The van der Waals surface area contributed by atoms with Crippen molar-refractivity contribution in [1.82, 2.24) is 24.7 Å². The van der Waals surface area contributed by atoms with Gasteiger partial charge in [0, 0.05) is 18.3 Å². The summed E-state index contributed by atoms with van der Waals surface area (Å²) < 4.78 is 1.03. The molecule has 0 aliphatic carbocycles. The number of imidazole rings is 1. The Kier molecular flexibility index (Phi) is 2.54. The molecule has 0 fully saturated rings. The first-order valence-corrected chi connectivity index (χ1v) is 4.50. The van der Waals surface area contributed by atoms with Crippen LogP contribution < -0.4 is 5.69 Å². The lowest BCUT2D eigenvalue weighted by molar-refractivity contribution is -0.141.